The van der Waals surface area contributed by atoms with Crippen LogP contribution >= 0.6 is 0 Å². The highest BCUT2D eigenvalue weighted by Gasteiger charge is 2.35. The van der Waals surface area contributed by atoms with Crippen LogP contribution in [0, 0.1) is 0 Å². The summed E-state index contributed by atoms with van der Waals surface area (Å²) >= 11 is 0. The second-order valence-electron chi connectivity index (χ2n) is 9.04. The topological polar surface area (TPSA) is 53.9 Å². The number of carbonyl (C=O) groups excluding carboxylic acids is 1. The van der Waals surface area contributed by atoms with E-state index in [-0.39, 0.29) is 18.1 Å². The first-order valence-corrected chi connectivity index (χ1v) is 11.2. The summed E-state index contributed by atoms with van der Waals surface area (Å²) in [7, 11) is 0. The number of amides is 1. The van der Waals surface area contributed by atoms with E-state index in [9.17, 15) is 4.79 Å². The molecule has 0 saturated heterocycles. The van der Waals surface area contributed by atoms with Crippen LogP contribution in [-0.2, 0) is 4.79 Å². The predicted molar refractivity (Wildman–Crippen MR) is 132 cm³/mol. The normalized spacial score (nSPS) is 17.4. The zero-order chi connectivity index (χ0) is 22.7. The molecule has 1 N–H and O–H groups in total. The van der Waals surface area contributed by atoms with E-state index in [2.05, 4.69) is 61.3 Å². The number of ether oxygens (including phenoxy) is 1. The van der Waals surface area contributed by atoms with Gasteiger partial charge in [0.15, 0.2) is 6.61 Å². The number of hydrazone groups is 1. The third-order valence-electron chi connectivity index (χ3n) is 6.24. The lowest BCUT2D eigenvalue weighted by atomic mass is 9.79. The Bertz CT molecular complexity index is 1150. The fourth-order valence-electron chi connectivity index (χ4n) is 4.86. The number of hydrogen-bond acceptors (Lipinski definition) is 4. The van der Waals surface area contributed by atoms with Crippen molar-refractivity contribution in [1.29, 1.82) is 0 Å². The molecule has 166 valence electrons. The monoisotopic (exact) mass is 429 g/mol. The van der Waals surface area contributed by atoms with Crippen LogP contribution < -0.4 is 15.1 Å². The van der Waals surface area contributed by atoms with Gasteiger partial charge in [-0.3, -0.25) is 4.79 Å². The van der Waals surface area contributed by atoms with Crippen LogP contribution in [0.4, 0.5) is 5.69 Å². The number of carbonyl (C=O) groups is 1. The Morgan fingerprint density at radius 1 is 1.19 bits per heavy atom. The fraction of sp³-hybridized carbons (Fsp3) is 0.333. The van der Waals surface area contributed by atoms with E-state index < -0.39 is 0 Å². The molecule has 0 bridgehead atoms. The number of hydrogen-bond donors (Lipinski definition) is 1. The van der Waals surface area contributed by atoms with Crippen LogP contribution in [0.15, 0.2) is 65.8 Å². The van der Waals surface area contributed by atoms with Crippen molar-refractivity contribution in [2.24, 2.45) is 5.10 Å². The summed E-state index contributed by atoms with van der Waals surface area (Å²) in [6.07, 6.45) is 2.80. The van der Waals surface area contributed by atoms with Gasteiger partial charge in [0.25, 0.3) is 5.91 Å². The van der Waals surface area contributed by atoms with Gasteiger partial charge in [0.05, 0.1) is 6.21 Å². The first-order valence-electron chi connectivity index (χ1n) is 11.2. The van der Waals surface area contributed by atoms with Crippen molar-refractivity contribution in [3.05, 3.63) is 71.8 Å². The first-order chi connectivity index (χ1) is 15.4. The molecule has 0 aromatic heterocycles. The van der Waals surface area contributed by atoms with E-state index in [1.54, 1.807) is 6.21 Å². The van der Waals surface area contributed by atoms with Crippen LogP contribution in [-0.4, -0.2) is 30.8 Å². The average Bonchev–Trinajstić information content (AvgIpc) is 2.77. The molecule has 3 aromatic rings. The Balaban J connectivity index is 1.39. The van der Waals surface area contributed by atoms with Crippen LogP contribution in [0.1, 0.15) is 51.2 Å². The van der Waals surface area contributed by atoms with Crippen molar-refractivity contribution < 1.29 is 9.53 Å². The summed E-state index contributed by atoms with van der Waals surface area (Å²) in [5.74, 6) is 0.869. The van der Waals surface area contributed by atoms with Crippen molar-refractivity contribution >= 4 is 28.6 Å². The fourth-order valence-corrected chi connectivity index (χ4v) is 4.86. The Kier molecular flexibility index (Phi) is 6.17. The summed E-state index contributed by atoms with van der Waals surface area (Å²) in [6.45, 7) is 9.98. The van der Waals surface area contributed by atoms with Crippen LogP contribution in [0.3, 0.4) is 0 Å². The third kappa shape index (κ3) is 4.47. The molecule has 5 nitrogen and oxygen atoms in total. The molecule has 0 spiro atoms. The number of fused-ring (bicyclic) bond motifs is 2. The number of nitrogens with one attached hydrogen (secondary N) is 1. The van der Waals surface area contributed by atoms with Gasteiger partial charge in [0.2, 0.25) is 0 Å². The Morgan fingerprint density at radius 3 is 2.78 bits per heavy atom. The third-order valence-corrected chi connectivity index (χ3v) is 6.24. The maximum Gasteiger partial charge on any atom is 0.277 e. The second-order valence-corrected chi connectivity index (χ2v) is 9.04. The predicted octanol–water partition coefficient (Wildman–Crippen LogP) is 5.48. The van der Waals surface area contributed by atoms with Crippen LogP contribution in [0.2, 0.25) is 0 Å². The van der Waals surface area contributed by atoms with Gasteiger partial charge in [-0.2, -0.15) is 5.10 Å². The molecule has 1 aliphatic heterocycles. The average molecular weight is 430 g/mol. The molecule has 5 heteroatoms. The number of rotatable bonds is 6. The molecule has 0 saturated carbocycles. The van der Waals surface area contributed by atoms with E-state index in [0.717, 1.165) is 29.3 Å². The largest absolute Gasteiger partial charge is 0.483 e. The minimum Gasteiger partial charge on any atom is -0.483 e. The minimum absolute atomic E-state index is 0.0902. The van der Waals surface area contributed by atoms with E-state index in [0.29, 0.717) is 11.7 Å². The summed E-state index contributed by atoms with van der Waals surface area (Å²) in [6, 6.07) is 20.2. The Hall–Kier alpha value is -3.34. The molecule has 1 aliphatic rings. The summed E-state index contributed by atoms with van der Waals surface area (Å²) in [5, 5.41) is 6.20. The molecule has 1 amide bonds. The summed E-state index contributed by atoms with van der Waals surface area (Å²) in [5.41, 5.74) is 6.32. The van der Waals surface area contributed by atoms with E-state index >= 15 is 0 Å². The van der Waals surface area contributed by atoms with Crippen LogP contribution in [0.5, 0.6) is 5.75 Å². The quantitative estimate of drug-likeness (QED) is 0.417. The van der Waals surface area contributed by atoms with Crippen molar-refractivity contribution in [1.82, 2.24) is 5.43 Å². The van der Waals surface area contributed by atoms with Gasteiger partial charge in [-0.15, -0.1) is 0 Å². The molecule has 1 unspecified atom stereocenters. The van der Waals surface area contributed by atoms with Gasteiger partial charge in [-0.05, 0) is 67.8 Å². The molecule has 0 fully saturated rings. The van der Waals surface area contributed by atoms with E-state index in [4.69, 9.17) is 4.74 Å². The summed E-state index contributed by atoms with van der Waals surface area (Å²) in [4.78, 5) is 14.7. The molecule has 1 heterocycles. The molecule has 0 aliphatic carbocycles. The lowest BCUT2D eigenvalue weighted by Gasteiger charge is -2.47. The van der Waals surface area contributed by atoms with Gasteiger partial charge in [-0.1, -0.05) is 49.4 Å². The Labute approximate surface area is 190 Å². The zero-order valence-corrected chi connectivity index (χ0v) is 19.3. The number of benzene rings is 3. The highest BCUT2D eigenvalue weighted by atomic mass is 16.5. The molecule has 1 atom stereocenters. The van der Waals surface area contributed by atoms with Crippen molar-refractivity contribution in [2.45, 2.75) is 45.6 Å². The van der Waals surface area contributed by atoms with Gasteiger partial charge < -0.3 is 9.64 Å². The second kappa shape index (κ2) is 9.03. The lowest BCUT2D eigenvalue weighted by Crippen LogP contribution is -2.48. The highest BCUT2D eigenvalue weighted by molar-refractivity contribution is 5.89. The first kappa shape index (κ1) is 21.9. The molecule has 4 rings (SSSR count). The lowest BCUT2D eigenvalue weighted by molar-refractivity contribution is -0.123. The molecule has 3 aromatic carbocycles. The SMILES string of the molecule is CCN1c2ccc(/C=N/NC(=O)COc3cccc4ccccc34)cc2C(C)CC1(C)C. The van der Waals surface area contributed by atoms with Gasteiger partial charge in [0, 0.05) is 23.2 Å². The molecular weight excluding hydrogens is 398 g/mol. The summed E-state index contributed by atoms with van der Waals surface area (Å²) < 4.78 is 5.72. The Morgan fingerprint density at radius 2 is 1.97 bits per heavy atom. The molecular formula is C27H31N3O2. The standard InChI is InChI=1S/C27H31N3O2/c1-5-30-24-14-13-20(15-23(24)19(2)16-27(30,3)4)17-28-29-26(31)18-32-25-12-8-10-21-9-6-7-11-22(21)25/h6-15,17,19H,5,16,18H2,1-4H3,(H,29,31)/b28-17+. The number of nitrogens with zero attached hydrogens (tertiary/aromatic N) is 2. The maximum absolute atomic E-state index is 12.2. The van der Waals surface area contributed by atoms with Crippen molar-refractivity contribution in [2.75, 3.05) is 18.1 Å². The van der Waals surface area contributed by atoms with Gasteiger partial charge in [-0.25, -0.2) is 5.43 Å². The van der Waals surface area contributed by atoms with Gasteiger partial charge in [0.1, 0.15) is 5.75 Å². The van der Waals surface area contributed by atoms with Gasteiger partial charge >= 0.3 is 0 Å². The smallest absolute Gasteiger partial charge is 0.277 e. The van der Waals surface area contributed by atoms with E-state index in [1.807, 2.05) is 42.5 Å². The van der Waals surface area contributed by atoms with E-state index in [1.165, 1.54) is 11.3 Å². The van der Waals surface area contributed by atoms with Crippen LogP contribution in [0.25, 0.3) is 10.8 Å². The zero-order valence-electron chi connectivity index (χ0n) is 19.3. The molecule has 32 heavy (non-hydrogen) atoms. The number of anilines is 1. The van der Waals surface area contributed by atoms with Crippen molar-refractivity contribution in [3.8, 4) is 5.75 Å². The highest BCUT2D eigenvalue weighted by Crippen LogP contribution is 2.43. The minimum atomic E-state index is -0.292. The van der Waals surface area contributed by atoms with Crippen molar-refractivity contribution in [3.63, 3.8) is 0 Å². The molecule has 0 radical (unpaired) electrons. The maximum atomic E-state index is 12.2.